The van der Waals surface area contributed by atoms with Crippen molar-refractivity contribution in [3.8, 4) is 11.5 Å². The first-order chi connectivity index (χ1) is 15.4. The van der Waals surface area contributed by atoms with E-state index in [1.807, 2.05) is 0 Å². The van der Waals surface area contributed by atoms with Gasteiger partial charge in [0.2, 0.25) is 5.89 Å². The summed E-state index contributed by atoms with van der Waals surface area (Å²) < 4.78 is 6.30. The predicted octanol–water partition coefficient (Wildman–Crippen LogP) is 3.26. The molecule has 0 bridgehead atoms. The van der Waals surface area contributed by atoms with Crippen molar-refractivity contribution in [1.29, 1.82) is 0 Å². The molecule has 3 heterocycles. The SMILES string of the molecule is CSc1nc(Cl)c(C(=O)N(C[C@@H]2CCCN2)c2cccc(-c3nn(C)c(=O)o3)c2)c(Cl)n1. The number of nitrogens with zero attached hydrogens (tertiary/aromatic N) is 5. The second-order valence-electron chi connectivity index (χ2n) is 7.22. The highest BCUT2D eigenvalue weighted by atomic mass is 35.5. The number of halogens is 2. The smallest absolute Gasteiger partial charge is 0.388 e. The third-order valence-electron chi connectivity index (χ3n) is 5.10. The van der Waals surface area contributed by atoms with E-state index >= 15 is 0 Å². The molecule has 168 valence electrons. The van der Waals surface area contributed by atoms with Crippen LogP contribution in [-0.4, -0.2) is 51.0 Å². The van der Waals surface area contributed by atoms with Gasteiger partial charge in [-0.05, 0) is 43.8 Å². The summed E-state index contributed by atoms with van der Waals surface area (Å²) in [5.41, 5.74) is 1.18. The molecule has 4 rings (SSSR count). The predicted molar refractivity (Wildman–Crippen MR) is 124 cm³/mol. The van der Waals surface area contributed by atoms with Crippen molar-refractivity contribution in [2.24, 2.45) is 7.05 Å². The van der Waals surface area contributed by atoms with Crippen molar-refractivity contribution in [1.82, 2.24) is 25.1 Å². The van der Waals surface area contributed by atoms with Gasteiger partial charge in [-0.15, -0.1) is 5.10 Å². The third-order valence-corrected chi connectivity index (χ3v) is 6.20. The van der Waals surface area contributed by atoms with Crippen LogP contribution in [0.4, 0.5) is 5.69 Å². The lowest BCUT2D eigenvalue weighted by Crippen LogP contribution is -2.41. The van der Waals surface area contributed by atoms with E-state index in [4.69, 9.17) is 27.6 Å². The monoisotopic (exact) mass is 494 g/mol. The number of rotatable bonds is 6. The van der Waals surface area contributed by atoms with Crippen LogP contribution >= 0.6 is 35.0 Å². The van der Waals surface area contributed by atoms with E-state index in [2.05, 4.69) is 20.4 Å². The normalized spacial score (nSPS) is 15.8. The molecular formula is C20H20Cl2N6O3S. The molecule has 1 aliphatic heterocycles. The standard InChI is InChI=1S/C20H20Cl2N6O3S/c1-27-20(30)31-17(26-27)11-5-3-7-13(9-11)28(10-12-6-4-8-23-12)18(29)14-15(21)24-19(32-2)25-16(14)22/h3,5,7,9,12,23H,4,6,8,10H2,1-2H3/t12-/m0/s1. The number of amides is 1. The average molecular weight is 495 g/mol. The second kappa shape index (κ2) is 9.62. The Morgan fingerprint density at radius 2 is 2.09 bits per heavy atom. The van der Waals surface area contributed by atoms with Gasteiger partial charge in [-0.1, -0.05) is 41.0 Å². The summed E-state index contributed by atoms with van der Waals surface area (Å²) in [5, 5.41) is 7.86. The molecular weight excluding hydrogens is 475 g/mol. The van der Waals surface area contributed by atoms with Crippen molar-refractivity contribution >= 4 is 46.6 Å². The fourth-order valence-electron chi connectivity index (χ4n) is 3.50. The maximum atomic E-state index is 13.6. The minimum Gasteiger partial charge on any atom is -0.388 e. The van der Waals surface area contributed by atoms with Gasteiger partial charge in [0.15, 0.2) is 5.16 Å². The Hall–Kier alpha value is -2.40. The first kappa shape index (κ1) is 22.8. The first-order valence-electron chi connectivity index (χ1n) is 9.84. The van der Waals surface area contributed by atoms with E-state index in [9.17, 15) is 9.59 Å². The Morgan fingerprint density at radius 3 is 2.69 bits per heavy atom. The minimum absolute atomic E-state index is 0.00407. The van der Waals surface area contributed by atoms with Crippen LogP contribution in [-0.2, 0) is 7.05 Å². The molecule has 1 N–H and O–H groups in total. The highest BCUT2D eigenvalue weighted by Gasteiger charge is 2.29. The molecule has 1 atom stereocenters. The average Bonchev–Trinajstić information content (AvgIpc) is 3.41. The van der Waals surface area contributed by atoms with Crippen LogP contribution in [0.3, 0.4) is 0 Å². The summed E-state index contributed by atoms with van der Waals surface area (Å²) in [4.78, 5) is 35.2. The van der Waals surface area contributed by atoms with E-state index in [0.29, 0.717) is 23.0 Å². The molecule has 0 radical (unpaired) electrons. The van der Waals surface area contributed by atoms with Crippen molar-refractivity contribution < 1.29 is 9.21 Å². The Kier molecular flexibility index (Phi) is 6.85. The van der Waals surface area contributed by atoms with E-state index < -0.39 is 11.7 Å². The van der Waals surface area contributed by atoms with Crippen LogP contribution in [0.25, 0.3) is 11.5 Å². The molecule has 3 aromatic rings. The Labute approximate surface area is 198 Å². The second-order valence-corrected chi connectivity index (χ2v) is 8.71. The third kappa shape index (κ3) is 4.68. The zero-order valence-corrected chi connectivity index (χ0v) is 19.7. The molecule has 2 aromatic heterocycles. The molecule has 1 aliphatic rings. The van der Waals surface area contributed by atoms with Crippen LogP contribution in [0.2, 0.25) is 10.3 Å². The lowest BCUT2D eigenvalue weighted by molar-refractivity contribution is 0.0984. The number of thioether (sulfide) groups is 1. The van der Waals surface area contributed by atoms with Crippen LogP contribution in [0.5, 0.6) is 0 Å². The lowest BCUT2D eigenvalue weighted by Gasteiger charge is -2.27. The number of hydrogen-bond donors (Lipinski definition) is 1. The van der Waals surface area contributed by atoms with Gasteiger partial charge < -0.3 is 14.6 Å². The lowest BCUT2D eigenvalue weighted by atomic mass is 10.1. The highest BCUT2D eigenvalue weighted by Crippen LogP contribution is 2.30. The molecule has 1 aromatic carbocycles. The number of hydrogen-bond acceptors (Lipinski definition) is 8. The van der Waals surface area contributed by atoms with Crippen molar-refractivity contribution in [2.75, 3.05) is 24.2 Å². The number of carbonyl (C=O) groups excluding carboxylic acids is 1. The van der Waals surface area contributed by atoms with Gasteiger partial charge >= 0.3 is 5.76 Å². The number of benzene rings is 1. The largest absolute Gasteiger partial charge is 0.437 e. The minimum atomic E-state index is -0.571. The molecule has 0 unspecified atom stereocenters. The van der Waals surface area contributed by atoms with E-state index in [0.717, 1.165) is 24.1 Å². The molecule has 0 saturated carbocycles. The summed E-state index contributed by atoms with van der Waals surface area (Å²) in [5.74, 6) is -0.825. The zero-order valence-electron chi connectivity index (χ0n) is 17.3. The van der Waals surface area contributed by atoms with Gasteiger partial charge in [-0.2, -0.15) is 4.68 Å². The van der Waals surface area contributed by atoms with Crippen LogP contribution in [0, 0.1) is 0 Å². The van der Waals surface area contributed by atoms with Crippen LogP contribution < -0.4 is 16.0 Å². The number of carbonyl (C=O) groups is 1. The quantitative estimate of drug-likeness (QED) is 0.316. The van der Waals surface area contributed by atoms with Gasteiger partial charge in [0.1, 0.15) is 15.9 Å². The summed E-state index contributed by atoms with van der Waals surface area (Å²) in [7, 11) is 1.50. The van der Waals surface area contributed by atoms with Crippen molar-refractivity contribution in [2.45, 2.75) is 24.0 Å². The number of aromatic nitrogens is 4. The molecule has 32 heavy (non-hydrogen) atoms. The zero-order chi connectivity index (χ0) is 22.8. The number of aryl methyl sites for hydroxylation is 1. The molecule has 9 nitrogen and oxygen atoms in total. The Balaban J connectivity index is 1.75. The van der Waals surface area contributed by atoms with E-state index in [1.54, 1.807) is 35.4 Å². The molecule has 1 fully saturated rings. The molecule has 12 heteroatoms. The molecule has 1 amide bonds. The maximum absolute atomic E-state index is 13.6. The van der Waals surface area contributed by atoms with Gasteiger partial charge in [0, 0.05) is 30.9 Å². The molecule has 0 spiro atoms. The highest BCUT2D eigenvalue weighted by molar-refractivity contribution is 7.98. The number of anilines is 1. The van der Waals surface area contributed by atoms with E-state index in [1.165, 1.54) is 18.8 Å². The Bertz CT molecular complexity index is 1190. The summed E-state index contributed by atoms with van der Waals surface area (Å²) >= 11 is 13.9. The fourth-order valence-corrected chi connectivity index (χ4v) is 4.52. The first-order valence-corrected chi connectivity index (χ1v) is 11.8. The topological polar surface area (TPSA) is 106 Å². The Morgan fingerprint density at radius 1 is 1.34 bits per heavy atom. The number of nitrogens with one attached hydrogen (secondary N) is 1. The van der Waals surface area contributed by atoms with Gasteiger partial charge in [-0.25, -0.2) is 14.8 Å². The fraction of sp³-hybridized carbons (Fsp3) is 0.350. The molecule has 0 aliphatic carbocycles. The van der Waals surface area contributed by atoms with Crippen molar-refractivity contribution in [3.05, 3.63) is 50.7 Å². The van der Waals surface area contributed by atoms with Gasteiger partial charge in [0.25, 0.3) is 5.91 Å². The maximum Gasteiger partial charge on any atom is 0.437 e. The van der Waals surface area contributed by atoms with Crippen LogP contribution in [0.15, 0.2) is 38.6 Å². The summed E-state index contributed by atoms with van der Waals surface area (Å²) in [6, 6.07) is 7.15. The van der Waals surface area contributed by atoms with Crippen LogP contribution in [0.1, 0.15) is 23.2 Å². The van der Waals surface area contributed by atoms with Gasteiger partial charge in [-0.3, -0.25) is 4.79 Å². The van der Waals surface area contributed by atoms with Crippen molar-refractivity contribution in [3.63, 3.8) is 0 Å². The summed E-state index contributed by atoms with van der Waals surface area (Å²) in [6.07, 6.45) is 3.75. The van der Waals surface area contributed by atoms with E-state index in [-0.39, 0.29) is 27.8 Å². The van der Waals surface area contributed by atoms with Gasteiger partial charge in [0.05, 0.1) is 0 Å². The summed E-state index contributed by atoms with van der Waals surface area (Å²) in [6.45, 7) is 1.28. The molecule has 1 saturated heterocycles.